The molecule has 1 N–H and O–H groups in total. The molecule has 0 radical (unpaired) electrons. The second-order valence-electron chi connectivity index (χ2n) is 10.2. The number of nitrogens with zero attached hydrogens (tertiary/aromatic N) is 3. The number of hydrogen-bond acceptors (Lipinski definition) is 7. The summed E-state index contributed by atoms with van der Waals surface area (Å²) in [6.45, 7) is 3.81. The Balaban J connectivity index is 1.81. The first-order valence-corrected chi connectivity index (χ1v) is 15.2. The van der Waals surface area contributed by atoms with Crippen LogP contribution in [0.4, 0.5) is 5.82 Å². The number of amides is 2. The zero-order chi connectivity index (χ0) is 30.5. The fourth-order valence-corrected chi connectivity index (χ4v) is 6.30. The Morgan fingerprint density at radius 2 is 1.70 bits per heavy atom. The van der Waals surface area contributed by atoms with E-state index in [1.165, 1.54) is 11.8 Å². The van der Waals surface area contributed by atoms with Gasteiger partial charge >= 0.3 is 0 Å². The van der Waals surface area contributed by atoms with E-state index < -0.39 is 0 Å². The van der Waals surface area contributed by atoms with Gasteiger partial charge in [0.2, 0.25) is 11.8 Å². The minimum absolute atomic E-state index is 0.0244. The number of nitrogens with one attached hydrogen (secondary N) is 1. The molecule has 9 nitrogen and oxygen atoms in total. The Kier molecular flexibility index (Phi) is 9.25. The van der Waals surface area contributed by atoms with E-state index in [0.717, 1.165) is 28.8 Å². The average molecular weight is 601 g/mol. The highest BCUT2D eigenvalue weighted by Gasteiger charge is 2.39. The molecule has 4 aromatic rings. The standard InChI is InChI=1S/C33H36N4O5S/c1-6-21(2)34-28(38)19-36-29(39)20-43-32(26-18-25(41-4)16-17-27(26)42-5)30-31(22-10-8-7-9-11-22)35-37(33(30)36)23-12-14-24(40-3)15-13-23/h7-18,21,32H,6,19-20H2,1-5H3,(H,34,38)/t21-,32+/m0/s1. The molecule has 3 aromatic carbocycles. The summed E-state index contributed by atoms with van der Waals surface area (Å²) < 4.78 is 18.6. The van der Waals surface area contributed by atoms with Crippen LogP contribution in [0.1, 0.15) is 36.6 Å². The summed E-state index contributed by atoms with van der Waals surface area (Å²) in [5.74, 6) is 2.28. The number of hydrogen-bond donors (Lipinski definition) is 1. The molecule has 2 heterocycles. The van der Waals surface area contributed by atoms with Gasteiger partial charge in [-0.3, -0.25) is 14.5 Å². The summed E-state index contributed by atoms with van der Waals surface area (Å²) >= 11 is 1.48. The van der Waals surface area contributed by atoms with Crippen molar-refractivity contribution in [2.24, 2.45) is 0 Å². The lowest BCUT2D eigenvalue weighted by Gasteiger charge is -2.24. The Labute approximate surface area is 256 Å². The highest BCUT2D eigenvalue weighted by molar-refractivity contribution is 8.00. The fraction of sp³-hybridized carbons (Fsp3) is 0.303. The monoisotopic (exact) mass is 600 g/mol. The molecular weight excluding hydrogens is 564 g/mol. The van der Waals surface area contributed by atoms with Crippen molar-refractivity contribution in [3.63, 3.8) is 0 Å². The quantitative estimate of drug-likeness (QED) is 0.251. The van der Waals surface area contributed by atoms with Crippen LogP contribution in [0.5, 0.6) is 17.2 Å². The summed E-state index contributed by atoms with van der Waals surface area (Å²) in [4.78, 5) is 28.8. The zero-order valence-electron chi connectivity index (χ0n) is 25.0. The number of benzene rings is 3. The van der Waals surface area contributed by atoms with Crippen LogP contribution in [0.2, 0.25) is 0 Å². The Morgan fingerprint density at radius 3 is 2.35 bits per heavy atom. The number of methoxy groups -OCH3 is 3. The van der Waals surface area contributed by atoms with Gasteiger partial charge in [0.15, 0.2) is 0 Å². The van der Waals surface area contributed by atoms with Crippen molar-refractivity contribution in [1.82, 2.24) is 15.1 Å². The van der Waals surface area contributed by atoms with Crippen molar-refractivity contribution in [2.45, 2.75) is 31.6 Å². The molecule has 0 spiro atoms. The molecular formula is C33H36N4O5S. The topological polar surface area (TPSA) is 94.9 Å². The molecule has 0 aliphatic carbocycles. The lowest BCUT2D eigenvalue weighted by molar-refractivity contribution is -0.123. The molecule has 10 heteroatoms. The lowest BCUT2D eigenvalue weighted by atomic mass is 9.98. The molecule has 0 saturated carbocycles. The SMILES string of the molecule is CC[C@H](C)NC(=O)CN1C(=O)CS[C@H](c2cc(OC)ccc2OC)c2c(-c3ccccc3)nn(-c3ccc(OC)cc3)c21. The van der Waals surface area contributed by atoms with Crippen molar-refractivity contribution in [3.05, 3.63) is 83.9 Å². The van der Waals surface area contributed by atoms with Crippen LogP contribution in [-0.4, -0.2) is 61.3 Å². The third-order valence-corrected chi connectivity index (χ3v) is 8.73. The first-order chi connectivity index (χ1) is 20.9. The van der Waals surface area contributed by atoms with Crippen molar-refractivity contribution in [2.75, 3.05) is 38.5 Å². The second kappa shape index (κ2) is 13.2. The molecule has 1 aliphatic rings. The van der Waals surface area contributed by atoms with Crippen molar-refractivity contribution < 1.29 is 23.8 Å². The highest BCUT2D eigenvalue weighted by atomic mass is 32.2. The van der Waals surface area contributed by atoms with E-state index in [1.54, 1.807) is 30.9 Å². The van der Waals surface area contributed by atoms with Gasteiger partial charge in [-0.15, -0.1) is 11.8 Å². The summed E-state index contributed by atoms with van der Waals surface area (Å²) in [6, 6.07) is 23.0. The second-order valence-corrected chi connectivity index (χ2v) is 11.3. The van der Waals surface area contributed by atoms with E-state index in [-0.39, 0.29) is 35.4 Å². The number of aromatic nitrogens is 2. The van der Waals surface area contributed by atoms with Crippen LogP contribution in [-0.2, 0) is 9.59 Å². The number of rotatable bonds is 10. The smallest absolute Gasteiger partial charge is 0.240 e. The Hall–Kier alpha value is -4.44. The maximum atomic E-state index is 14.0. The Bertz CT molecular complexity index is 1590. The van der Waals surface area contributed by atoms with Gasteiger partial charge in [-0.05, 0) is 55.8 Å². The number of fused-ring (bicyclic) bond motifs is 1. The molecule has 1 aliphatic heterocycles. The van der Waals surface area contributed by atoms with Gasteiger partial charge in [0.05, 0.1) is 43.7 Å². The molecule has 2 amide bonds. The number of thioether (sulfide) groups is 1. The highest BCUT2D eigenvalue weighted by Crippen LogP contribution is 2.51. The largest absolute Gasteiger partial charge is 0.497 e. The normalized spacial score (nSPS) is 15.3. The predicted octanol–water partition coefficient (Wildman–Crippen LogP) is 5.65. The van der Waals surface area contributed by atoms with E-state index in [4.69, 9.17) is 19.3 Å². The number of carbonyl (C=O) groups excluding carboxylic acids is 2. The van der Waals surface area contributed by atoms with Crippen LogP contribution in [0.15, 0.2) is 72.8 Å². The van der Waals surface area contributed by atoms with E-state index in [1.807, 2.05) is 86.6 Å². The molecule has 0 saturated heterocycles. The average Bonchev–Trinajstić information content (AvgIpc) is 3.37. The molecule has 2 atom stereocenters. The Morgan fingerprint density at radius 1 is 1.00 bits per heavy atom. The van der Waals surface area contributed by atoms with E-state index >= 15 is 0 Å². The lowest BCUT2D eigenvalue weighted by Crippen LogP contribution is -2.44. The van der Waals surface area contributed by atoms with Gasteiger partial charge in [-0.25, -0.2) is 4.68 Å². The number of ether oxygens (including phenoxy) is 3. The van der Waals surface area contributed by atoms with Crippen LogP contribution in [0, 0.1) is 0 Å². The van der Waals surface area contributed by atoms with Crippen molar-refractivity contribution in [1.29, 1.82) is 0 Å². The molecule has 0 fully saturated rings. The van der Waals surface area contributed by atoms with Crippen molar-refractivity contribution in [3.8, 4) is 34.2 Å². The van der Waals surface area contributed by atoms with Gasteiger partial charge in [-0.1, -0.05) is 37.3 Å². The minimum Gasteiger partial charge on any atom is -0.497 e. The third kappa shape index (κ3) is 6.19. The maximum Gasteiger partial charge on any atom is 0.240 e. The first kappa shape index (κ1) is 30.0. The molecule has 43 heavy (non-hydrogen) atoms. The number of carbonyl (C=O) groups is 2. The molecule has 0 bridgehead atoms. The maximum absolute atomic E-state index is 14.0. The minimum atomic E-state index is -0.367. The van der Waals surface area contributed by atoms with E-state index in [2.05, 4.69) is 5.32 Å². The summed E-state index contributed by atoms with van der Waals surface area (Å²) in [5.41, 5.74) is 3.97. The molecule has 0 unspecified atom stereocenters. The summed E-state index contributed by atoms with van der Waals surface area (Å²) in [6.07, 6.45) is 0.778. The third-order valence-electron chi connectivity index (χ3n) is 7.49. The molecule has 1 aromatic heterocycles. The van der Waals surface area contributed by atoms with Gasteiger partial charge < -0.3 is 19.5 Å². The first-order valence-electron chi connectivity index (χ1n) is 14.1. The van der Waals surface area contributed by atoms with Crippen molar-refractivity contribution >= 4 is 29.4 Å². The van der Waals surface area contributed by atoms with Crippen LogP contribution in [0.25, 0.3) is 16.9 Å². The zero-order valence-corrected chi connectivity index (χ0v) is 25.8. The predicted molar refractivity (Wildman–Crippen MR) is 170 cm³/mol. The van der Waals surface area contributed by atoms with Gasteiger partial charge in [0.1, 0.15) is 29.6 Å². The van der Waals surface area contributed by atoms with E-state index in [9.17, 15) is 9.59 Å². The number of anilines is 1. The molecule has 5 rings (SSSR count). The van der Waals surface area contributed by atoms with Crippen LogP contribution >= 0.6 is 11.8 Å². The molecule has 224 valence electrons. The fourth-order valence-electron chi connectivity index (χ4n) is 5.09. The van der Waals surface area contributed by atoms with Gasteiger partial charge in [-0.2, -0.15) is 5.10 Å². The van der Waals surface area contributed by atoms with Gasteiger partial charge in [0, 0.05) is 22.7 Å². The van der Waals surface area contributed by atoms with Crippen LogP contribution in [0.3, 0.4) is 0 Å². The summed E-state index contributed by atoms with van der Waals surface area (Å²) in [5, 5.41) is 7.79. The summed E-state index contributed by atoms with van der Waals surface area (Å²) in [7, 11) is 4.86. The van der Waals surface area contributed by atoms with Gasteiger partial charge in [0.25, 0.3) is 0 Å². The van der Waals surface area contributed by atoms with Crippen LogP contribution < -0.4 is 24.4 Å². The van der Waals surface area contributed by atoms with E-state index in [0.29, 0.717) is 28.8 Å².